The Morgan fingerprint density at radius 3 is 2.54 bits per heavy atom. The number of benzene rings is 2. The summed E-state index contributed by atoms with van der Waals surface area (Å²) in [6.07, 6.45) is 0. The second-order valence-corrected chi connectivity index (χ2v) is 6.15. The number of aromatic nitrogens is 4. The van der Waals surface area contributed by atoms with E-state index in [9.17, 15) is 9.90 Å². The summed E-state index contributed by atoms with van der Waals surface area (Å²) >= 11 is 5.32. The number of carboxylic acid groups (broad SMARTS) is 1. The Morgan fingerprint density at radius 2 is 1.77 bits per heavy atom. The lowest BCUT2D eigenvalue weighted by Crippen LogP contribution is -2.21. The molecule has 0 saturated heterocycles. The first-order valence-corrected chi connectivity index (χ1v) is 8.37. The van der Waals surface area contributed by atoms with Crippen molar-refractivity contribution in [1.29, 1.82) is 0 Å². The van der Waals surface area contributed by atoms with Gasteiger partial charge in [0.05, 0.1) is 5.52 Å². The third kappa shape index (κ3) is 2.78. The molecule has 0 fully saturated rings. The molecule has 0 spiro atoms. The lowest BCUT2D eigenvalue weighted by Gasteiger charge is -2.16. The Kier molecular flexibility index (Phi) is 4.06. The molecule has 0 aliphatic carbocycles. The van der Waals surface area contributed by atoms with Crippen LogP contribution < -0.4 is 0 Å². The van der Waals surface area contributed by atoms with Crippen LogP contribution in [0.4, 0.5) is 0 Å². The molecule has 0 aliphatic rings. The number of carbonyl (C=O) groups is 1. The lowest BCUT2D eigenvalue weighted by atomic mass is 10.1. The van der Waals surface area contributed by atoms with Gasteiger partial charge < -0.3 is 5.11 Å². The highest BCUT2D eigenvalue weighted by Gasteiger charge is 2.26. The first kappa shape index (κ1) is 16.2. The Morgan fingerprint density at radius 1 is 1.04 bits per heavy atom. The van der Waals surface area contributed by atoms with E-state index < -0.39 is 12.0 Å². The van der Waals surface area contributed by atoms with Gasteiger partial charge in [-0.1, -0.05) is 54.6 Å². The average molecular weight is 362 g/mol. The summed E-state index contributed by atoms with van der Waals surface area (Å²) in [4.78, 5) is 16.6. The second kappa shape index (κ2) is 6.53. The van der Waals surface area contributed by atoms with Crippen LogP contribution in [-0.4, -0.2) is 30.8 Å². The predicted molar refractivity (Wildman–Crippen MR) is 100 cm³/mol. The number of H-pyrrole nitrogens is 1. The highest BCUT2D eigenvalue weighted by atomic mass is 32.1. The number of fused-ring (bicyclic) bond motifs is 1. The summed E-state index contributed by atoms with van der Waals surface area (Å²) in [6.45, 7) is 0. The maximum Gasteiger partial charge on any atom is 0.331 e. The molecule has 4 rings (SSSR count). The van der Waals surface area contributed by atoms with Gasteiger partial charge in [0.1, 0.15) is 5.69 Å². The van der Waals surface area contributed by atoms with Crippen LogP contribution in [0.15, 0.2) is 66.7 Å². The van der Waals surface area contributed by atoms with Gasteiger partial charge in [-0.15, -0.1) is 0 Å². The van der Waals surface area contributed by atoms with Crippen molar-refractivity contribution in [3.63, 3.8) is 0 Å². The Hall–Kier alpha value is -3.32. The van der Waals surface area contributed by atoms with E-state index in [0.29, 0.717) is 17.1 Å². The molecule has 0 radical (unpaired) electrons. The molecule has 2 heterocycles. The molecule has 6 nitrogen and oxygen atoms in total. The van der Waals surface area contributed by atoms with Gasteiger partial charge >= 0.3 is 5.97 Å². The number of aromatic amines is 1. The zero-order valence-electron chi connectivity index (χ0n) is 13.5. The molecule has 2 N–H and O–H groups in total. The Balaban J connectivity index is 1.91. The molecule has 0 bridgehead atoms. The first-order valence-electron chi connectivity index (χ1n) is 7.96. The summed E-state index contributed by atoms with van der Waals surface area (Å²) in [5, 5.41) is 17.8. The molecule has 128 valence electrons. The highest BCUT2D eigenvalue weighted by molar-refractivity contribution is 7.71. The van der Waals surface area contributed by atoms with Crippen molar-refractivity contribution in [3.8, 4) is 11.5 Å². The zero-order valence-corrected chi connectivity index (χ0v) is 14.4. The third-order valence-corrected chi connectivity index (χ3v) is 4.43. The van der Waals surface area contributed by atoms with Crippen molar-refractivity contribution >= 4 is 29.1 Å². The Labute approximate surface area is 153 Å². The van der Waals surface area contributed by atoms with Crippen molar-refractivity contribution < 1.29 is 9.90 Å². The fraction of sp³-hybridized carbons (Fsp3) is 0.0526. The van der Waals surface area contributed by atoms with Crippen LogP contribution in [0, 0.1) is 4.77 Å². The molecule has 7 heteroatoms. The fourth-order valence-corrected chi connectivity index (χ4v) is 3.19. The van der Waals surface area contributed by atoms with Crippen LogP contribution in [-0.2, 0) is 4.79 Å². The number of rotatable bonds is 4. The standard InChI is InChI=1S/C19H14N4O2S/c24-18(25)16(13-7-2-1-3-8-13)23-17(21-22-19(23)26)15-11-10-12-6-4-5-9-14(12)20-15/h1-11,16H,(H,22,26)(H,24,25). The maximum absolute atomic E-state index is 12.0. The number of pyridine rings is 1. The first-order chi connectivity index (χ1) is 12.6. The quantitative estimate of drug-likeness (QED) is 0.539. The van der Waals surface area contributed by atoms with Crippen molar-refractivity contribution in [2.45, 2.75) is 6.04 Å². The van der Waals surface area contributed by atoms with Crippen LogP contribution in [0.1, 0.15) is 11.6 Å². The Bertz CT molecular complexity index is 1150. The summed E-state index contributed by atoms with van der Waals surface area (Å²) in [5.74, 6) is -0.632. The van der Waals surface area contributed by atoms with Crippen molar-refractivity contribution in [2.75, 3.05) is 0 Å². The predicted octanol–water partition coefficient (Wildman–Crippen LogP) is 3.83. The molecule has 1 atom stereocenters. The monoisotopic (exact) mass is 362 g/mol. The van der Waals surface area contributed by atoms with Crippen molar-refractivity contribution in [3.05, 3.63) is 77.1 Å². The van der Waals surface area contributed by atoms with E-state index in [-0.39, 0.29) is 4.77 Å². The van der Waals surface area contributed by atoms with Crippen LogP contribution in [0.25, 0.3) is 22.4 Å². The number of hydrogen-bond acceptors (Lipinski definition) is 4. The van der Waals surface area contributed by atoms with Crippen LogP contribution in [0.2, 0.25) is 0 Å². The van der Waals surface area contributed by atoms with Crippen LogP contribution >= 0.6 is 12.2 Å². The van der Waals surface area contributed by atoms with Gasteiger partial charge in [0.15, 0.2) is 16.6 Å². The molecular formula is C19H14N4O2S. The number of aliphatic carboxylic acids is 1. The molecule has 2 aromatic carbocycles. The summed E-state index contributed by atoms with van der Waals surface area (Å²) < 4.78 is 1.72. The number of para-hydroxylation sites is 1. The van der Waals surface area contributed by atoms with Gasteiger partial charge in [-0.2, -0.15) is 5.10 Å². The zero-order chi connectivity index (χ0) is 18.1. The van der Waals surface area contributed by atoms with Crippen LogP contribution in [0.3, 0.4) is 0 Å². The van der Waals surface area contributed by atoms with Crippen molar-refractivity contribution in [1.82, 2.24) is 19.7 Å². The highest BCUT2D eigenvalue weighted by Crippen LogP contribution is 2.26. The van der Waals surface area contributed by atoms with Crippen molar-refractivity contribution in [2.24, 2.45) is 0 Å². The summed E-state index contributed by atoms with van der Waals surface area (Å²) in [5.41, 5.74) is 1.97. The van der Waals surface area contributed by atoms with E-state index in [1.165, 1.54) is 4.57 Å². The smallest absolute Gasteiger partial charge is 0.331 e. The van der Waals surface area contributed by atoms with E-state index in [1.807, 2.05) is 42.5 Å². The van der Waals surface area contributed by atoms with E-state index in [4.69, 9.17) is 12.2 Å². The van der Waals surface area contributed by atoms with Gasteiger partial charge in [0.2, 0.25) is 0 Å². The van der Waals surface area contributed by atoms with Crippen LogP contribution in [0.5, 0.6) is 0 Å². The largest absolute Gasteiger partial charge is 0.479 e. The SMILES string of the molecule is O=C(O)C(c1ccccc1)n1c(-c2ccc3ccccc3n2)n[nH]c1=S. The van der Waals surface area contributed by atoms with Gasteiger partial charge in [0, 0.05) is 5.39 Å². The molecule has 0 amide bonds. The minimum atomic E-state index is -1.02. The van der Waals surface area contributed by atoms with E-state index in [1.54, 1.807) is 24.3 Å². The van der Waals surface area contributed by atoms with E-state index in [0.717, 1.165) is 10.9 Å². The third-order valence-electron chi connectivity index (χ3n) is 4.14. The minimum absolute atomic E-state index is 0.228. The molecule has 26 heavy (non-hydrogen) atoms. The normalized spacial score (nSPS) is 12.2. The number of nitrogens with zero attached hydrogens (tertiary/aromatic N) is 3. The fourth-order valence-electron chi connectivity index (χ4n) is 2.95. The molecule has 2 aromatic heterocycles. The average Bonchev–Trinajstić information content (AvgIpc) is 3.03. The molecule has 0 saturated carbocycles. The van der Waals surface area contributed by atoms with Gasteiger partial charge in [-0.3, -0.25) is 9.67 Å². The number of nitrogens with one attached hydrogen (secondary N) is 1. The lowest BCUT2D eigenvalue weighted by molar-refractivity contribution is -0.139. The minimum Gasteiger partial charge on any atom is -0.479 e. The molecule has 4 aromatic rings. The van der Waals surface area contributed by atoms with E-state index in [2.05, 4.69) is 15.2 Å². The van der Waals surface area contributed by atoms with Gasteiger partial charge in [-0.05, 0) is 29.9 Å². The number of hydrogen-bond donors (Lipinski definition) is 2. The van der Waals surface area contributed by atoms with E-state index >= 15 is 0 Å². The molecular weight excluding hydrogens is 348 g/mol. The maximum atomic E-state index is 12.0. The van der Waals surface area contributed by atoms with Gasteiger partial charge in [0.25, 0.3) is 0 Å². The molecule has 1 unspecified atom stereocenters. The summed E-state index contributed by atoms with van der Waals surface area (Å²) in [6, 6.07) is 19.4. The topological polar surface area (TPSA) is 83.8 Å². The molecule has 0 aliphatic heterocycles. The number of carboxylic acids is 1. The van der Waals surface area contributed by atoms with Gasteiger partial charge in [-0.25, -0.2) is 9.78 Å². The second-order valence-electron chi connectivity index (χ2n) is 5.76. The summed E-state index contributed by atoms with van der Waals surface area (Å²) in [7, 11) is 0.